The molecule has 108 valence electrons. The highest BCUT2D eigenvalue weighted by Gasteiger charge is 2.29. The topological polar surface area (TPSA) is 46.2 Å². The molecule has 0 saturated heterocycles. The van der Waals surface area contributed by atoms with Crippen LogP contribution >= 0.6 is 34.5 Å². The number of alkyl halides is 1. The molecular formula is C12H17Cl2NO2S2. The van der Waals surface area contributed by atoms with E-state index in [1.165, 1.54) is 0 Å². The van der Waals surface area contributed by atoms with Gasteiger partial charge in [0.2, 0.25) is 10.0 Å². The second kappa shape index (κ2) is 6.31. The van der Waals surface area contributed by atoms with Crippen LogP contribution in [0.3, 0.4) is 0 Å². The first-order valence-corrected chi connectivity index (χ1v) is 9.49. The van der Waals surface area contributed by atoms with Crippen LogP contribution in [0.1, 0.15) is 31.2 Å². The Morgan fingerprint density at radius 3 is 2.68 bits per heavy atom. The van der Waals surface area contributed by atoms with Gasteiger partial charge in [-0.1, -0.05) is 24.4 Å². The number of sulfonamides is 1. The highest BCUT2D eigenvalue weighted by atomic mass is 35.5. The standard InChI is InChI=1S/C12H17Cl2NO2S2/c1-8-6-11(18-12(8)14)19(16,17)15-10-5-3-2-4-9(10)7-13/h6,9-10,15H,2-5,7H2,1H3. The summed E-state index contributed by atoms with van der Waals surface area (Å²) in [6, 6.07) is 1.56. The molecule has 2 atom stereocenters. The fourth-order valence-corrected chi connectivity index (χ4v) is 5.80. The molecule has 1 fully saturated rings. The molecule has 1 aliphatic rings. The van der Waals surface area contributed by atoms with Gasteiger partial charge in [-0.05, 0) is 37.3 Å². The van der Waals surface area contributed by atoms with Gasteiger partial charge in [0.05, 0.1) is 4.34 Å². The van der Waals surface area contributed by atoms with Gasteiger partial charge in [0.1, 0.15) is 4.21 Å². The molecule has 0 aromatic carbocycles. The Bertz CT molecular complexity index is 522. The second-order valence-corrected chi connectivity index (χ2v) is 8.85. The van der Waals surface area contributed by atoms with Crippen molar-refractivity contribution in [1.82, 2.24) is 4.72 Å². The van der Waals surface area contributed by atoms with Crippen molar-refractivity contribution in [1.29, 1.82) is 0 Å². The number of halogens is 2. The van der Waals surface area contributed by atoms with E-state index in [0.717, 1.165) is 42.6 Å². The van der Waals surface area contributed by atoms with E-state index in [1.54, 1.807) is 13.0 Å². The van der Waals surface area contributed by atoms with Gasteiger partial charge in [0, 0.05) is 11.9 Å². The number of rotatable bonds is 4. The summed E-state index contributed by atoms with van der Waals surface area (Å²) in [7, 11) is -3.48. The number of aryl methyl sites for hydroxylation is 1. The highest BCUT2D eigenvalue weighted by molar-refractivity contribution is 7.91. The van der Waals surface area contributed by atoms with Gasteiger partial charge in [0.15, 0.2) is 0 Å². The summed E-state index contributed by atoms with van der Waals surface area (Å²) in [6.07, 6.45) is 4.01. The SMILES string of the molecule is Cc1cc(S(=O)(=O)NC2CCCCC2CCl)sc1Cl. The van der Waals surface area contributed by atoms with Gasteiger partial charge in [-0.3, -0.25) is 0 Å². The monoisotopic (exact) mass is 341 g/mol. The summed E-state index contributed by atoms with van der Waals surface area (Å²) in [6.45, 7) is 1.81. The van der Waals surface area contributed by atoms with E-state index in [4.69, 9.17) is 23.2 Å². The molecule has 1 aliphatic carbocycles. The number of hydrogen-bond donors (Lipinski definition) is 1. The van der Waals surface area contributed by atoms with Gasteiger partial charge in [-0.25, -0.2) is 13.1 Å². The molecule has 19 heavy (non-hydrogen) atoms. The molecule has 1 N–H and O–H groups in total. The zero-order chi connectivity index (χ0) is 14.0. The predicted molar refractivity (Wildman–Crippen MR) is 80.9 cm³/mol. The Kier molecular flexibility index (Phi) is 5.17. The van der Waals surface area contributed by atoms with Crippen LogP contribution in [-0.4, -0.2) is 20.3 Å². The third kappa shape index (κ3) is 3.64. The Morgan fingerprint density at radius 2 is 2.11 bits per heavy atom. The van der Waals surface area contributed by atoms with Gasteiger partial charge < -0.3 is 0 Å². The molecule has 0 radical (unpaired) electrons. The lowest BCUT2D eigenvalue weighted by atomic mass is 9.86. The largest absolute Gasteiger partial charge is 0.250 e. The minimum absolute atomic E-state index is 0.0579. The summed E-state index contributed by atoms with van der Waals surface area (Å²) in [4.78, 5) is 0. The maximum absolute atomic E-state index is 12.3. The van der Waals surface area contributed by atoms with E-state index < -0.39 is 10.0 Å². The van der Waals surface area contributed by atoms with E-state index in [-0.39, 0.29) is 16.2 Å². The van der Waals surface area contributed by atoms with Gasteiger partial charge >= 0.3 is 0 Å². The lowest BCUT2D eigenvalue weighted by Crippen LogP contribution is -2.42. The summed E-state index contributed by atoms with van der Waals surface area (Å²) >= 11 is 13.0. The van der Waals surface area contributed by atoms with Gasteiger partial charge in [-0.15, -0.1) is 22.9 Å². The minimum atomic E-state index is -3.48. The van der Waals surface area contributed by atoms with Crippen molar-refractivity contribution in [2.45, 2.75) is 42.9 Å². The summed E-state index contributed by atoms with van der Waals surface area (Å²) in [5.74, 6) is 0.721. The molecule has 0 amide bonds. The van der Waals surface area contributed by atoms with E-state index in [9.17, 15) is 8.42 Å². The lowest BCUT2D eigenvalue weighted by Gasteiger charge is -2.30. The van der Waals surface area contributed by atoms with Crippen molar-refractivity contribution in [3.8, 4) is 0 Å². The first-order chi connectivity index (χ1) is 8.94. The van der Waals surface area contributed by atoms with Crippen LogP contribution in [-0.2, 0) is 10.0 Å². The fraction of sp³-hybridized carbons (Fsp3) is 0.667. The Hall–Kier alpha value is 0.190. The van der Waals surface area contributed by atoms with Crippen LogP contribution in [0.2, 0.25) is 4.34 Å². The van der Waals surface area contributed by atoms with Crippen molar-refractivity contribution in [2.24, 2.45) is 5.92 Å². The Balaban J connectivity index is 2.16. The van der Waals surface area contributed by atoms with E-state index >= 15 is 0 Å². The van der Waals surface area contributed by atoms with E-state index in [2.05, 4.69) is 4.72 Å². The summed E-state index contributed by atoms with van der Waals surface area (Å²) < 4.78 is 28.3. The zero-order valence-corrected chi connectivity index (χ0v) is 13.8. The Morgan fingerprint density at radius 1 is 1.42 bits per heavy atom. The van der Waals surface area contributed by atoms with Crippen LogP contribution in [0.25, 0.3) is 0 Å². The molecule has 1 aromatic rings. The van der Waals surface area contributed by atoms with E-state index in [1.807, 2.05) is 0 Å². The first kappa shape index (κ1) is 15.6. The number of hydrogen-bond acceptors (Lipinski definition) is 3. The highest BCUT2D eigenvalue weighted by Crippen LogP contribution is 2.32. The lowest BCUT2D eigenvalue weighted by molar-refractivity contribution is 0.314. The molecule has 2 rings (SSSR count). The van der Waals surface area contributed by atoms with Gasteiger partial charge in [0.25, 0.3) is 0 Å². The number of nitrogens with one attached hydrogen (secondary N) is 1. The molecule has 1 aromatic heterocycles. The third-order valence-electron chi connectivity index (χ3n) is 3.51. The minimum Gasteiger partial charge on any atom is -0.207 e. The molecule has 1 heterocycles. The van der Waals surface area contributed by atoms with Crippen LogP contribution in [0.15, 0.2) is 10.3 Å². The first-order valence-electron chi connectivity index (χ1n) is 6.28. The van der Waals surface area contributed by atoms with Crippen LogP contribution < -0.4 is 4.72 Å². The molecular weight excluding hydrogens is 325 g/mol. The van der Waals surface area contributed by atoms with Crippen LogP contribution in [0.4, 0.5) is 0 Å². The van der Waals surface area contributed by atoms with Crippen molar-refractivity contribution >= 4 is 44.6 Å². The van der Waals surface area contributed by atoms with Crippen molar-refractivity contribution in [3.05, 3.63) is 16.0 Å². The van der Waals surface area contributed by atoms with E-state index in [0.29, 0.717) is 10.2 Å². The van der Waals surface area contributed by atoms with Crippen LogP contribution in [0.5, 0.6) is 0 Å². The smallest absolute Gasteiger partial charge is 0.207 e. The molecule has 7 heteroatoms. The van der Waals surface area contributed by atoms with Crippen molar-refractivity contribution in [2.75, 3.05) is 5.88 Å². The number of thiophene rings is 1. The molecule has 3 nitrogen and oxygen atoms in total. The maximum atomic E-state index is 12.3. The molecule has 2 unspecified atom stereocenters. The third-order valence-corrected chi connectivity index (χ3v) is 7.43. The predicted octanol–water partition coefficient (Wildman–Crippen LogP) is 3.79. The van der Waals surface area contributed by atoms with Crippen molar-refractivity contribution in [3.63, 3.8) is 0 Å². The molecule has 0 aliphatic heterocycles. The molecule has 1 saturated carbocycles. The van der Waals surface area contributed by atoms with Gasteiger partial charge in [-0.2, -0.15) is 0 Å². The molecule has 0 spiro atoms. The molecule has 0 bridgehead atoms. The summed E-state index contributed by atoms with van der Waals surface area (Å²) in [5, 5.41) is 0. The van der Waals surface area contributed by atoms with Crippen molar-refractivity contribution < 1.29 is 8.42 Å². The second-order valence-electron chi connectivity index (χ2n) is 4.95. The zero-order valence-electron chi connectivity index (χ0n) is 10.7. The maximum Gasteiger partial charge on any atom is 0.250 e. The Labute approximate surface area is 128 Å². The normalized spacial score (nSPS) is 24.6. The summed E-state index contributed by atoms with van der Waals surface area (Å²) in [5.41, 5.74) is 0.796. The average Bonchev–Trinajstić information content (AvgIpc) is 2.71. The average molecular weight is 342 g/mol. The fourth-order valence-electron chi connectivity index (χ4n) is 2.37. The van der Waals surface area contributed by atoms with Crippen LogP contribution in [0, 0.1) is 12.8 Å². The quantitative estimate of drug-likeness (QED) is 0.847.